The predicted octanol–water partition coefficient (Wildman–Crippen LogP) is 6.76. The molecule has 0 saturated carbocycles. The van der Waals surface area contributed by atoms with E-state index in [1.807, 2.05) is 13.8 Å². The van der Waals surface area contributed by atoms with E-state index >= 15 is 0 Å². The van der Waals surface area contributed by atoms with Gasteiger partial charge in [-0.25, -0.2) is 4.98 Å². The third-order valence-corrected chi connectivity index (χ3v) is 4.72. The van der Waals surface area contributed by atoms with Crippen LogP contribution in [-0.2, 0) is 6.54 Å². The van der Waals surface area contributed by atoms with Crippen LogP contribution in [0, 0.1) is 13.8 Å². The van der Waals surface area contributed by atoms with E-state index in [2.05, 4.69) is 42.3 Å². The number of hydrogen-bond acceptors (Lipinski definition) is 3. The normalized spacial score (nSPS) is 10.8. The lowest BCUT2D eigenvalue weighted by Gasteiger charge is -2.13. The van der Waals surface area contributed by atoms with E-state index in [1.54, 1.807) is 6.07 Å². The number of aromatic nitrogens is 2. The van der Waals surface area contributed by atoms with Gasteiger partial charge in [-0.05, 0) is 50.1 Å². The largest absolute Gasteiger partial charge is 0.496 e. The summed E-state index contributed by atoms with van der Waals surface area (Å²) in [6.07, 6.45) is 4.72. The molecule has 0 bridgehead atoms. The third kappa shape index (κ3) is 5.25. The van der Waals surface area contributed by atoms with E-state index in [1.165, 1.54) is 32.1 Å². The fourth-order valence-electron chi connectivity index (χ4n) is 3.05. The van der Waals surface area contributed by atoms with Gasteiger partial charge in [-0.15, -0.1) is 0 Å². The number of benzene rings is 1. The first-order valence-electron chi connectivity index (χ1n) is 9.96. The van der Waals surface area contributed by atoms with Gasteiger partial charge in [-0.1, -0.05) is 26.7 Å². The van der Waals surface area contributed by atoms with Crippen molar-refractivity contribution >= 4 is 11.0 Å². The molecule has 0 radical (unpaired) electrons. The molecule has 0 aliphatic rings. The van der Waals surface area contributed by atoms with Gasteiger partial charge < -0.3 is 14.0 Å². The first-order chi connectivity index (χ1) is 13.9. The molecular weight excluding hydrogens is 374 g/mol. The fourth-order valence-corrected chi connectivity index (χ4v) is 3.05. The summed E-state index contributed by atoms with van der Waals surface area (Å²) in [5.41, 5.74) is 5.60. The quantitative estimate of drug-likeness (QED) is 0.455. The Bertz CT molecular complexity index is 950. The third-order valence-electron chi connectivity index (χ3n) is 4.72. The highest BCUT2D eigenvalue weighted by Crippen LogP contribution is 2.36. The van der Waals surface area contributed by atoms with E-state index in [4.69, 9.17) is 9.72 Å². The number of pyridine rings is 1. The van der Waals surface area contributed by atoms with Crippen molar-refractivity contribution < 1.29 is 18.3 Å². The van der Waals surface area contributed by atoms with Crippen molar-refractivity contribution in [2.45, 2.75) is 60.6 Å². The lowest BCUT2D eigenvalue weighted by molar-refractivity contribution is -0.0499. The fraction of sp³-hybridized carbons (Fsp3) is 0.435. The number of methoxy groups -OCH3 is 1. The minimum atomic E-state index is -2.87. The summed E-state index contributed by atoms with van der Waals surface area (Å²) in [5.74, 6) is 0.503. The molecule has 3 rings (SSSR count). The molecule has 3 aromatic rings. The molecule has 0 spiro atoms. The summed E-state index contributed by atoms with van der Waals surface area (Å²) >= 11 is 0. The van der Waals surface area contributed by atoms with Crippen molar-refractivity contribution in [3.8, 4) is 22.8 Å². The number of ether oxygens (including phenoxy) is 2. The second kappa shape index (κ2) is 10.2. The van der Waals surface area contributed by atoms with Crippen molar-refractivity contribution in [1.29, 1.82) is 0 Å². The number of nitrogens with zero attached hydrogens (tertiary/aromatic N) is 2. The van der Waals surface area contributed by atoms with E-state index in [0.29, 0.717) is 5.75 Å². The number of rotatable bonds is 6. The average molecular weight is 405 g/mol. The standard InChI is InChI=1S/C19H20F2N2O2.C4H10/c1-5-23-10-12(3)18-15(23)8-11(2)17(22-18)14-7-6-13(25-19(20)21)9-16(14)24-4;1-3-4-2/h6-10,19H,5H2,1-4H3;3-4H2,1-2H3. The highest BCUT2D eigenvalue weighted by Gasteiger charge is 2.16. The number of halogens is 2. The second-order valence-corrected chi connectivity index (χ2v) is 6.86. The monoisotopic (exact) mass is 404 g/mol. The molecule has 0 aliphatic heterocycles. The smallest absolute Gasteiger partial charge is 0.387 e. The molecule has 2 aromatic heterocycles. The molecule has 0 fully saturated rings. The van der Waals surface area contributed by atoms with Gasteiger partial charge in [0.1, 0.15) is 11.5 Å². The van der Waals surface area contributed by atoms with Crippen LogP contribution in [0.4, 0.5) is 8.78 Å². The molecule has 0 saturated heterocycles. The van der Waals surface area contributed by atoms with Crippen LogP contribution in [-0.4, -0.2) is 23.3 Å². The van der Waals surface area contributed by atoms with E-state index in [-0.39, 0.29) is 5.75 Å². The molecule has 2 heterocycles. The molecule has 1 aromatic carbocycles. The van der Waals surface area contributed by atoms with E-state index in [9.17, 15) is 8.78 Å². The molecule has 0 atom stereocenters. The Morgan fingerprint density at radius 3 is 2.28 bits per heavy atom. The van der Waals surface area contributed by atoms with Gasteiger partial charge in [0.2, 0.25) is 0 Å². The van der Waals surface area contributed by atoms with E-state index < -0.39 is 6.61 Å². The number of alkyl halides is 2. The summed E-state index contributed by atoms with van der Waals surface area (Å²) in [6.45, 7) is 8.45. The molecular formula is C23H30F2N2O2. The zero-order valence-corrected chi connectivity index (χ0v) is 18.1. The summed E-state index contributed by atoms with van der Waals surface area (Å²) in [7, 11) is 1.50. The zero-order chi connectivity index (χ0) is 21.6. The molecule has 29 heavy (non-hydrogen) atoms. The lowest BCUT2D eigenvalue weighted by atomic mass is 10.0. The summed E-state index contributed by atoms with van der Waals surface area (Å²) in [6, 6.07) is 6.75. The first-order valence-corrected chi connectivity index (χ1v) is 9.96. The van der Waals surface area contributed by atoms with Gasteiger partial charge >= 0.3 is 6.61 Å². The molecule has 0 amide bonds. The Morgan fingerprint density at radius 2 is 1.72 bits per heavy atom. The molecule has 0 unspecified atom stereocenters. The van der Waals surface area contributed by atoms with Crippen molar-refractivity contribution in [1.82, 2.24) is 9.55 Å². The number of unbranched alkanes of at least 4 members (excludes halogenated alkanes) is 1. The second-order valence-electron chi connectivity index (χ2n) is 6.86. The highest BCUT2D eigenvalue weighted by atomic mass is 19.3. The number of aryl methyl sites for hydroxylation is 3. The maximum atomic E-state index is 12.4. The van der Waals surface area contributed by atoms with Crippen molar-refractivity contribution in [2.75, 3.05) is 7.11 Å². The zero-order valence-electron chi connectivity index (χ0n) is 18.1. The van der Waals surface area contributed by atoms with Crippen molar-refractivity contribution in [3.05, 3.63) is 41.6 Å². The van der Waals surface area contributed by atoms with Crippen LogP contribution in [0.15, 0.2) is 30.5 Å². The van der Waals surface area contributed by atoms with Gasteiger partial charge in [-0.2, -0.15) is 8.78 Å². The van der Waals surface area contributed by atoms with Crippen LogP contribution >= 0.6 is 0 Å². The van der Waals surface area contributed by atoms with Crippen molar-refractivity contribution in [2.24, 2.45) is 0 Å². The predicted molar refractivity (Wildman–Crippen MR) is 114 cm³/mol. The van der Waals surface area contributed by atoms with Crippen molar-refractivity contribution in [3.63, 3.8) is 0 Å². The summed E-state index contributed by atoms with van der Waals surface area (Å²) in [4.78, 5) is 4.82. The number of hydrogen-bond donors (Lipinski definition) is 0. The Labute approximate surface area is 171 Å². The summed E-state index contributed by atoms with van der Waals surface area (Å²) < 4.78 is 36.8. The Balaban J connectivity index is 0.000000687. The van der Waals surface area contributed by atoms with E-state index in [0.717, 1.165) is 40.0 Å². The Hall–Kier alpha value is -2.63. The van der Waals surface area contributed by atoms with Gasteiger partial charge in [-0.3, -0.25) is 0 Å². The van der Waals surface area contributed by atoms with Crippen LogP contribution in [0.25, 0.3) is 22.3 Å². The molecule has 0 aliphatic carbocycles. The van der Waals surface area contributed by atoms with Crippen LogP contribution in [0.2, 0.25) is 0 Å². The average Bonchev–Trinajstić information content (AvgIpc) is 3.01. The summed E-state index contributed by atoms with van der Waals surface area (Å²) in [5, 5.41) is 0. The molecule has 158 valence electrons. The first kappa shape index (κ1) is 22.7. The molecule has 4 nitrogen and oxygen atoms in total. The van der Waals surface area contributed by atoms with Crippen LogP contribution in [0.1, 0.15) is 44.7 Å². The SMILES string of the molecule is CCCC.CCn1cc(C)c2nc(-c3ccc(OC(F)F)cc3OC)c(C)cc21. The van der Waals surface area contributed by atoms with Crippen LogP contribution < -0.4 is 9.47 Å². The molecule has 0 N–H and O–H groups in total. The Kier molecular flexibility index (Phi) is 8.00. The van der Waals surface area contributed by atoms with Gasteiger partial charge in [0.25, 0.3) is 0 Å². The Morgan fingerprint density at radius 1 is 1.03 bits per heavy atom. The van der Waals surface area contributed by atoms with Gasteiger partial charge in [0, 0.05) is 24.4 Å². The van der Waals surface area contributed by atoms with Crippen LogP contribution in [0.5, 0.6) is 11.5 Å². The lowest BCUT2D eigenvalue weighted by Crippen LogP contribution is -2.02. The van der Waals surface area contributed by atoms with Gasteiger partial charge in [0.15, 0.2) is 0 Å². The van der Waals surface area contributed by atoms with Gasteiger partial charge in [0.05, 0.1) is 23.8 Å². The van der Waals surface area contributed by atoms with Crippen LogP contribution in [0.3, 0.4) is 0 Å². The minimum Gasteiger partial charge on any atom is -0.496 e. The maximum absolute atomic E-state index is 12.4. The highest BCUT2D eigenvalue weighted by molar-refractivity contribution is 5.85. The number of fused-ring (bicyclic) bond motifs is 1. The minimum absolute atomic E-state index is 0.0580. The maximum Gasteiger partial charge on any atom is 0.387 e. The molecule has 6 heteroatoms. The topological polar surface area (TPSA) is 36.3 Å².